The third-order valence-electron chi connectivity index (χ3n) is 6.65. The van der Waals surface area contributed by atoms with E-state index in [9.17, 15) is 9.59 Å². The highest BCUT2D eigenvalue weighted by molar-refractivity contribution is 5.82. The number of urea groups is 1. The summed E-state index contributed by atoms with van der Waals surface area (Å²) in [6, 6.07) is 8.24. The number of hydrogen-bond acceptors (Lipinski definition) is 4. The smallest absolute Gasteiger partial charge is 0.317 e. The van der Waals surface area contributed by atoms with Gasteiger partial charge in [0.2, 0.25) is 5.91 Å². The molecule has 1 aliphatic heterocycles. The van der Waals surface area contributed by atoms with Crippen molar-refractivity contribution in [3.63, 3.8) is 0 Å². The average Bonchev–Trinajstić information content (AvgIpc) is 3.62. The summed E-state index contributed by atoms with van der Waals surface area (Å²) in [5, 5.41) is 6.10. The Hall–Kier alpha value is -2.28. The van der Waals surface area contributed by atoms with Crippen LogP contribution in [0, 0.1) is 0 Å². The Labute approximate surface area is 185 Å². The molecule has 3 aliphatic rings. The van der Waals surface area contributed by atoms with Crippen molar-refractivity contribution in [2.24, 2.45) is 0 Å². The zero-order valence-electron chi connectivity index (χ0n) is 18.6. The van der Waals surface area contributed by atoms with Crippen molar-refractivity contribution in [1.29, 1.82) is 0 Å². The maximum absolute atomic E-state index is 12.6. The van der Waals surface area contributed by atoms with Crippen LogP contribution in [0.3, 0.4) is 0 Å². The SMILES string of the molecule is CC(C(=O)NC1CC1)N1CCN(C(=O)NCc2cccc(OC3CCCCC3)c2)CC1. The molecule has 3 amide bonds. The van der Waals surface area contributed by atoms with Gasteiger partial charge in [-0.3, -0.25) is 9.69 Å². The first-order valence-electron chi connectivity index (χ1n) is 11.9. The number of nitrogens with one attached hydrogen (secondary N) is 2. The predicted octanol–water partition coefficient (Wildman–Crippen LogP) is 2.89. The second-order valence-corrected chi connectivity index (χ2v) is 9.17. The molecule has 7 nitrogen and oxygen atoms in total. The number of ether oxygens (including phenoxy) is 1. The van der Waals surface area contributed by atoms with E-state index in [1.54, 1.807) is 0 Å². The summed E-state index contributed by atoms with van der Waals surface area (Å²) in [6.07, 6.45) is 8.59. The van der Waals surface area contributed by atoms with E-state index >= 15 is 0 Å². The van der Waals surface area contributed by atoms with Gasteiger partial charge in [0.05, 0.1) is 12.1 Å². The Morgan fingerprint density at radius 3 is 2.52 bits per heavy atom. The van der Waals surface area contributed by atoms with Gasteiger partial charge < -0.3 is 20.3 Å². The molecule has 0 aromatic heterocycles. The van der Waals surface area contributed by atoms with Gasteiger partial charge in [0.1, 0.15) is 5.75 Å². The normalized spacial score (nSPS) is 21.4. The fourth-order valence-corrected chi connectivity index (χ4v) is 4.42. The number of hydrogen-bond donors (Lipinski definition) is 2. The van der Waals surface area contributed by atoms with Gasteiger partial charge in [0, 0.05) is 38.8 Å². The topological polar surface area (TPSA) is 73.9 Å². The molecule has 1 heterocycles. The van der Waals surface area contributed by atoms with Gasteiger partial charge in [0.15, 0.2) is 0 Å². The minimum absolute atomic E-state index is 0.0478. The third kappa shape index (κ3) is 6.35. The van der Waals surface area contributed by atoms with Gasteiger partial charge in [-0.15, -0.1) is 0 Å². The fraction of sp³-hybridized carbons (Fsp3) is 0.667. The van der Waals surface area contributed by atoms with Crippen molar-refractivity contribution in [1.82, 2.24) is 20.4 Å². The Kier molecular flexibility index (Phi) is 7.33. The summed E-state index contributed by atoms with van der Waals surface area (Å²) in [4.78, 5) is 28.9. The van der Waals surface area contributed by atoms with Crippen molar-refractivity contribution in [3.05, 3.63) is 29.8 Å². The van der Waals surface area contributed by atoms with Crippen LogP contribution in [-0.2, 0) is 11.3 Å². The van der Waals surface area contributed by atoms with E-state index in [0.29, 0.717) is 31.8 Å². The molecule has 4 rings (SSSR count). The highest BCUT2D eigenvalue weighted by Gasteiger charge is 2.30. The average molecular weight is 429 g/mol. The van der Waals surface area contributed by atoms with Crippen LogP contribution in [0.25, 0.3) is 0 Å². The first-order valence-corrected chi connectivity index (χ1v) is 11.9. The van der Waals surface area contributed by atoms with Crippen molar-refractivity contribution in [2.75, 3.05) is 26.2 Å². The lowest BCUT2D eigenvalue weighted by atomic mass is 9.98. The van der Waals surface area contributed by atoms with E-state index < -0.39 is 0 Å². The van der Waals surface area contributed by atoms with Crippen molar-refractivity contribution >= 4 is 11.9 Å². The van der Waals surface area contributed by atoms with Crippen LogP contribution in [0.1, 0.15) is 57.4 Å². The molecule has 0 radical (unpaired) electrons. The van der Waals surface area contributed by atoms with Crippen LogP contribution in [0.15, 0.2) is 24.3 Å². The van der Waals surface area contributed by atoms with Crippen LogP contribution >= 0.6 is 0 Å². The number of amides is 3. The Morgan fingerprint density at radius 1 is 1.06 bits per heavy atom. The maximum Gasteiger partial charge on any atom is 0.317 e. The molecule has 2 N–H and O–H groups in total. The molecular weight excluding hydrogens is 392 g/mol. The van der Waals surface area contributed by atoms with E-state index in [1.807, 2.05) is 36.1 Å². The number of carbonyl (C=O) groups is 2. The van der Waals surface area contributed by atoms with Crippen molar-refractivity contribution < 1.29 is 14.3 Å². The summed E-state index contributed by atoms with van der Waals surface area (Å²) in [5.41, 5.74) is 1.05. The summed E-state index contributed by atoms with van der Waals surface area (Å²) in [7, 11) is 0. The van der Waals surface area contributed by atoms with Crippen molar-refractivity contribution in [3.8, 4) is 5.75 Å². The lowest BCUT2D eigenvalue weighted by molar-refractivity contribution is -0.126. The Morgan fingerprint density at radius 2 is 1.81 bits per heavy atom. The van der Waals surface area contributed by atoms with E-state index in [1.165, 1.54) is 19.3 Å². The van der Waals surface area contributed by atoms with Gasteiger partial charge in [-0.1, -0.05) is 18.6 Å². The summed E-state index contributed by atoms with van der Waals surface area (Å²) >= 11 is 0. The minimum Gasteiger partial charge on any atom is -0.490 e. The molecule has 170 valence electrons. The monoisotopic (exact) mass is 428 g/mol. The molecule has 0 bridgehead atoms. The standard InChI is InChI=1S/C24H36N4O3/c1-18(23(29)26-20-10-11-20)27-12-14-28(15-13-27)24(30)25-17-19-6-5-9-22(16-19)31-21-7-3-2-4-8-21/h5-6,9,16,18,20-21H,2-4,7-8,10-15,17H2,1H3,(H,25,30)(H,26,29). The zero-order chi connectivity index (χ0) is 21.6. The predicted molar refractivity (Wildman–Crippen MR) is 120 cm³/mol. The highest BCUT2D eigenvalue weighted by atomic mass is 16.5. The Balaban J connectivity index is 1.19. The van der Waals surface area contributed by atoms with Crippen LogP contribution in [0.2, 0.25) is 0 Å². The lowest BCUT2D eigenvalue weighted by Gasteiger charge is -2.37. The molecule has 1 atom stereocenters. The number of piperazine rings is 1. The largest absolute Gasteiger partial charge is 0.490 e. The number of carbonyl (C=O) groups excluding carboxylic acids is 2. The lowest BCUT2D eigenvalue weighted by Crippen LogP contribution is -2.56. The number of benzene rings is 1. The number of rotatable bonds is 7. The van der Waals surface area contributed by atoms with Crippen LogP contribution in [-0.4, -0.2) is 66.1 Å². The minimum atomic E-state index is -0.141. The molecule has 3 fully saturated rings. The molecule has 7 heteroatoms. The quantitative estimate of drug-likeness (QED) is 0.700. The summed E-state index contributed by atoms with van der Waals surface area (Å²) in [6.45, 7) is 5.15. The molecule has 2 aliphatic carbocycles. The first kappa shape index (κ1) is 21.9. The first-order chi connectivity index (χ1) is 15.1. The van der Waals surface area contributed by atoms with Gasteiger partial charge in [-0.05, 0) is 63.1 Å². The molecule has 31 heavy (non-hydrogen) atoms. The third-order valence-corrected chi connectivity index (χ3v) is 6.65. The Bertz CT molecular complexity index is 753. The van der Waals surface area contributed by atoms with Crippen LogP contribution in [0.5, 0.6) is 5.75 Å². The van der Waals surface area contributed by atoms with E-state index in [0.717, 1.165) is 50.1 Å². The molecule has 1 saturated heterocycles. The van der Waals surface area contributed by atoms with Crippen molar-refractivity contribution in [2.45, 2.75) is 76.6 Å². The van der Waals surface area contributed by atoms with Gasteiger partial charge in [-0.2, -0.15) is 0 Å². The van der Waals surface area contributed by atoms with Gasteiger partial charge >= 0.3 is 6.03 Å². The molecule has 1 aromatic rings. The molecular formula is C24H36N4O3. The molecule has 0 spiro atoms. The fourth-order valence-electron chi connectivity index (χ4n) is 4.42. The second kappa shape index (κ2) is 10.4. The molecule has 1 unspecified atom stereocenters. The summed E-state index contributed by atoms with van der Waals surface area (Å²) < 4.78 is 6.14. The van der Waals surface area contributed by atoms with Crippen LogP contribution < -0.4 is 15.4 Å². The number of nitrogens with zero attached hydrogens (tertiary/aromatic N) is 2. The molecule has 1 aromatic carbocycles. The molecule has 2 saturated carbocycles. The van der Waals surface area contributed by atoms with E-state index in [4.69, 9.17) is 4.74 Å². The van der Waals surface area contributed by atoms with Gasteiger partial charge in [-0.25, -0.2) is 4.79 Å². The van der Waals surface area contributed by atoms with E-state index in [-0.39, 0.29) is 18.0 Å². The van der Waals surface area contributed by atoms with Crippen LogP contribution in [0.4, 0.5) is 4.79 Å². The summed E-state index contributed by atoms with van der Waals surface area (Å²) in [5.74, 6) is 1.00. The second-order valence-electron chi connectivity index (χ2n) is 9.17. The zero-order valence-corrected chi connectivity index (χ0v) is 18.6. The van der Waals surface area contributed by atoms with Gasteiger partial charge in [0.25, 0.3) is 0 Å². The van der Waals surface area contributed by atoms with E-state index in [2.05, 4.69) is 15.5 Å². The maximum atomic E-state index is 12.6. The highest BCUT2D eigenvalue weighted by Crippen LogP contribution is 2.24.